The predicted molar refractivity (Wildman–Crippen MR) is 59.7 cm³/mol. The molecule has 2 aliphatic rings. The molecule has 0 spiro atoms. The normalized spacial score (nSPS) is 29.1. The Kier molecular flexibility index (Phi) is 2.55. The first kappa shape index (κ1) is 11.0. The molecule has 2 heterocycles. The smallest absolute Gasteiger partial charge is 0.103 e. The molecule has 2 rings (SSSR count). The first-order valence-electron chi connectivity index (χ1n) is 5.67. The van der Waals surface area contributed by atoms with Crippen molar-refractivity contribution in [2.45, 2.75) is 38.9 Å². The van der Waals surface area contributed by atoms with Crippen molar-refractivity contribution in [2.75, 3.05) is 26.3 Å². The average Bonchev–Trinajstić information content (AvgIpc) is 2.36. The summed E-state index contributed by atoms with van der Waals surface area (Å²) in [5.41, 5.74) is 1.01. The summed E-state index contributed by atoms with van der Waals surface area (Å²) >= 11 is 0. The van der Waals surface area contributed by atoms with E-state index in [1.807, 2.05) is 0 Å². The van der Waals surface area contributed by atoms with E-state index >= 15 is 0 Å². The van der Waals surface area contributed by atoms with Crippen LogP contribution in [-0.2, 0) is 9.47 Å². The minimum atomic E-state index is -0.166. The van der Waals surface area contributed by atoms with Gasteiger partial charge in [0.05, 0.1) is 18.8 Å². The van der Waals surface area contributed by atoms with Gasteiger partial charge in [0.2, 0.25) is 0 Å². The molecule has 1 saturated heterocycles. The van der Waals surface area contributed by atoms with Crippen LogP contribution in [0.5, 0.6) is 0 Å². The molecule has 0 N–H and O–H groups in total. The zero-order chi connectivity index (χ0) is 11.1. The van der Waals surface area contributed by atoms with E-state index in [1.54, 1.807) is 0 Å². The van der Waals surface area contributed by atoms with Crippen LogP contribution in [0.2, 0.25) is 0 Å². The summed E-state index contributed by atoms with van der Waals surface area (Å²) in [6.07, 6.45) is 2.25. The molecule has 0 amide bonds. The number of hydrogen-bond acceptors (Lipinski definition) is 3. The van der Waals surface area contributed by atoms with Crippen molar-refractivity contribution in [3.63, 3.8) is 0 Å². The molecular formula is C12H21NO2. The average molecular weight is 211 g/mol. The van der Waals surface area contributed by atoms with E-state index < -0.39 is 0 Å². The molecule has 86 valence electrons. The maximum atomic E-state index is 6.03. The maximum Gasteiger partial charge on any atom is 0.103 e. The Morgan fingerprint density at radius 2 is 1.73 bits per heavy atom. The minimum absolute atomic E-state index is 0.142. The molecule has 0 aliphatic carbocycles. The largest absolute Gasteiger partial charge is 0.378 e. The number of hydrogen-bond donors (Lipinski definition) is 0. The van der Waals surface area contributed by atoms with Crippen molar-refractivity contribution in [1.82, 2.24) is 4.90 Å². The summed E-state index contributed by atoms with van der Waals surface area (Å²) in [5, 5.41) is 0. The molecule has 0 saturated carbocycles. The van der Waals surface area contributed by atoms with Gasteiger partial charge in [0.1, 0.15) is 5.60 Å². The van der Waals surface area contributed by atoms with Crippen LogP contribution < -0.4 is 0 Å². The van der Waals surface area contributed by atoms with Gasteiger partial charge >= 0.3 is 0 Å². The first-order chi connectivity index (χ1) is 6.91. The van der Waals surface area contributed by atoms with E-state index in [9.17, 15) is 0 Å². The van der Waals surface area contributed by atoms with Gasteiger partial charge in [0, 0.05) is 18.8 Å². The summed E-state index contributed by atoms with van der Waals surface area (Å²) in [4.78, 5) is 2.39. The molecule has 0 aromatic heterocycles. The van der Waals surface area contributed by atoms with Crippen LogP contribution in [-0.4, -0.2) is 42.4 Å². The molecule has 0 aromatic rings. The van der Waals surface area contributed by atoms with Gasteiger partial charge in [0.25, 0.3) is 0 Å². The Labute approximate surface area is 92.0 Å². The second-order valence-corrected chi connectivity index (χ2v) is 5.34. The Hall–Kier alpha value is -0.540. The van der Waals surface area contributed by atoms with Gasteiger partial charge in [-0.15, -0.1) is 0 Å². The van der Waals surface area contributed by atoms with Crippen LogP contribution in [0.15, 0.2) is 11.8 Å². The maximum absolute atomic E-state index is 6.03. The molecule has 0 aromatic carbocycles. The topological polar surface area (TPSA) is 21.7 Å². The van der Waals surface area contributed by atoms with E-state index in [0.29, 0.717) is 0 Å². The lowest BCUT2D eigenvalue weighted by Crippen LogP contribution is -2.42. The summed E-state index contributed by atoms with van der Waals surface area (Å²) < 4.78 is 11.4. The van der Waals surface area contributed by atoms with Crippen molar-refractivity contribution in [3.05, 3.63) is 11.8 Å². The molecule has 0 bridgehead atoms. The van der Waals surface area contributed by atoms with Crippen molar-refractivity contribution >= 4 is 0 Å². The highest BCUT2D eigenvalue weighted by Crippen LogP contribution is 2.38. The van der Waals surface area contributed by atoms with Crippen LogP contribution in [0.4, 0.5) is 0 Å². The highest BCUT2D eigenvalue weighted by molar-refractivity contribution is 5.24. The lowest BCUT2D eigenvalue weighted by molar-refractivity contribution is -0.0660. The third kappa shape index (κ3) is 2.18. The van der Waals surface area contributed by atoms with Gasteiger partial charge in [-0.3, -0.25) is 0 Å². The zero-order valence-corrected chi connectivity index (χ0v) is 10.2. The summed E-state index contributed by atoms with van der Waals surface area (Å²) in [6, 6.07) is 0. The Bertz CT molecular complexity index is 275. The Morgan fingerprint density at radius 3 is 2.20 bits per heavy atom. The molecule has 0 radical (unpaired) electrons. The minimum Gasteiger partial charge on any atom is -0.378 e. The highest BCUT2D eigenvalue weighted by Gasteiger charge is 2.41. The molecule has 3 heteroatoms. The summed E-state index contributed by atoms with van der Waals surface area (Å²) in [5.74, 6) is 0. The fourth-order valence-corrected chi connectivity index (χ4v) is 2.52. The third-order valence-corrected chi connectivity index (χ3v) is 2.97. The Morgan fingerprint density at radius 1 is 1.13 bits per heavy atom. The third-order valence-electron chi connectivity index (χ3n) is 2.97. The number of ether oxygens (including phenoxy) is 2. The molecule has 0 atom stereocenters. The van der Waals surface area contributed by atoms with Crippen LogP contribution >= 0.6 is 0 Å². The van der Waals surface area contributed by atoms with Crippen molar-refractivity contribution < 1.29 is 9.47 Å². The standard InChI is InChI=1S/C12H21NO2/c1-11(2)9-10(12(3,4)15-11)13-5-7-14-8-6-13/h9H,5-8H2,1-4H3. The van der Waals surface area contributed by atoms with Crippen molar-refractivity contribution in [2.24, 2.45) is 0 Å². The van der Waals surface area contributed by atoms with Gasteiger partial charge in [-0.2, -0.15) is 0 Å². The quantitative estimate of drug-likeness (QED) is 0.660. The number of rotatable bonds is 1. The van der Waals surface area contributed by atoms with Crippen molar-refractivity contribution in [1.29, 1.82) is 0 Å². The van der Waals surface area contributed by atoms with Crippen molar-refractivity contribution in [3.8, 4) is 0 Å². The van der Waals surface area contributed by atoms with Gasteiger partial charge in [-0.25, -0.2) is 0 Å². The lowest BCUT2D eigenvalue weighted by Gasteiger charge is -2.36. The zero-order valence-electron chi connectivity index (χ0n) is 10.2. The van der Waals surface area contributed by atoms with Gasteiger partial charge in [-0.05, 0) is 33.8 Å². The van der Waals surface area contributed by atoms with E-state index in [2.05, 4.69) is 38.7 Å². The van der Waals surface area contributed by atoms with Gasteiger partial charge in [0.15, 0.2) is 0 Å². The Balaban J connectivity index is 2.19. The van der Waals surface area contributed by atoms with Crippen LogP contribution in [0.1, 0.15) is 27.7 Å². The number of morpholine rings is 1. The van der Waals surface area contributed by atoms with E-state index in [-0.39, 0.29) is 11.2 Å². The predicted octanol–water partition coefficient (Wildman–Crippen LogP) is 1.79. The lowest BCUT2D eigenvalue weighted by atomic mass is 10.0. The van der Waals surface area contributed by atoms with Gasteiger partial charge in [-0.1, -0.05) is 0 Å². The fourth-order valence-electron chi connectivity index (χ4n) is 2.52. The van der Waals surface area contributed by atoms with Crippen LogP contribution in [0.3, 0.4) is 0 Å². The molecule has 3 nitrogen and oxygen atoms in total. The van der Waals surface area contributed by atoms with E-state index in [0.717, 1.165) is 26.3 Å². The van der Waals surface area contributed by atoms with Crippen LogP contribution in [0, 0.1) is 0 Å². The summed E-state index contributed by atoms with van der Waals surface area (Å²) in [7, 11) is 0. The van der Waals surface area contributed by atoms with Crippen LogP contribution in [0.25, 0.3) is 0 Å². The first-order valence-corrected chi connectivity index (χ1v) is 5.67. The molecule has 15 heavy (non-hydrogen) atoms. The molecule has 0 unspecified atom stereocenters. The highest BCUT2D eigenvalue weighted by atomic mass is 16.5. The van der Waals surface area contributed by atoms with E-state index in [1.165, 1.54) is 5.70 Å². The second kappa shape index (κ2) is 3.49. The molecule has 2 aliphatic heterocycles. The monoisotopic (exact) mass is 211 g/mol. The number of nitrogens with zero attached hydrogens (tertiary/aromatic N) is 1. The second-order valence-electron chi connectivity index (χ2n) is 5.34. The van der Waals surface area contributed by atoms with E-state index in [4.69, 9.17) is 9.47 Å². The molecular weight excluding hydrogens is 190 g/mol. The van der Waals surface area contributed by atoms with Gasteiger partial charge < -0.3 is 14.4 Å². The summed E-state index contributed by atoms with van der Waals surface area (Å²) in [6.45, 7) is 12.1. The molecule has 1 fully saturated rings. The fraction of sp³-hybridized carbons (Fsp3) is 0.833. The SMILES string of the molecule is CC1(C)C=C(N2CCOCC2)C(C)(C)O1.